The minimum Gasteiger partial charge on any atom is -0.493 e. The summed E-state index contributed by atoms with van der Waals surface area (Å²) in [5, 5.41) is 0.183. The van der Waals surface area contributed by atoms with E-state index in [2.05, 4.69) is 0 Å². The summed E-state index contributed by atoms with van der Waals surface area (Å²) in [7, 11) is 0. The van der Waals surface area contributed by atoms with Crippen LogP contribution in [0.15, 0.2) is 24.3 Å². The standard InChI is InChI=1S/C16H22ClNO2/c1-3-20-15-7-5-4-6-14(15)16(19)18-10-8-13(9-11-18)12(2)17/h4-7,12-13H,3,8-11H2,1-2H3. The molecule has 3 nitrogen and oxygen atoms in total. The van der Waals surface area contributed by atoms with Gasteiger partial charge in [-0.25, -0.2) is 0 Å². The van der Waals surface area contributed by atoms with Crippen LogP contribution < -0.4 is 4.74 Å². The van der Waals surface area contributed by atoms with E-state index in [1.54, 1.807) is 0 Å². The van der Waals surface area contributed by atoms with E-state index in [1.165, 1.54) is 0 Å². The molecule has 110 valence electrons. The summed E-state index contributed by atoms with van der Waals surface area (Å²) in [5.74, 6) is 1.26. The molecule has 20 heavy (non-hydrogen) atoms. The van der Waals surface area contributed by atoms with Crippen LogP contribution in [-0.4, -0.2) is 35.9 Å². The zero-order chi connectivity index (χ0) is 14.5. The Hall–Kier alpha value is -1.22. The summed E-state index contributed by atoms with van der Waals surface area (Å²) in [4.78, 5) is 14.5. The maximum Gasteiger partial charge on any atom is 0.257 e. The molecule has 1 heterocycles. The fraction of sp³-hybridized carbons (Fsp3) is 0.562. The van der Waals surface area contributed by atoms with Gasteiger partial charge in [-0.1, -0.05) is 12.1 Å². The molecule has 1 aromatic carbocycles. The molecule has 4 heteroatoms. The largest absolute Gasteiger partial charge is 0.493 e. The molecule has 1 aliphatic heterocycles. The normalized spacial score (nSPS) is 17.9. The van der Waals surface area contributed by atoms with Gasteiger partial charge >= 0.3 is 0 Å². The van der Waals surface area contributed by atoms with Crippen molar-refractivity contribution < 1.29 is 9.53 Å². The van der Waals surface area contributed by atoms with Crippen LogP contribution in [0.3, 0.4) is 0 Å². The van der Waals surface area contributed by atoms with Gasteiger partial charge in [-0.3, -0.25) is 4.79 Å². The van der Waals surface area contributed by atoms with Crippen molar-refractivity contribution in [3.8, 4) is 5.75 Å². The van der Waals surface area contributed by atoms with Crippen LogP contribution in [-0.2, 0) is 0 Å². The highest BCUT2D eigenvalue weighted by Crippen LogP contribution is 2.26. The number of benzene rings is 1. The van der Waals surface area contributed by atoms with Crippen LogP contribution in [0.1, 0.15) is 37.0 Å². The first-order chi connectivity index (χ1) is 9.63. The number of ether oxygens (including phenoxy) is 1. The second-order valence-corrected chi connectivity index (χ2v) is 5.92. The van der Waals surface area contributed by atoms with Crippen LogP contribution in [0.2, 0.25) is 0 Å². The SMILES string of the molecule is CCOc1ccccc1C(=O)N1CCC(C(C)Cl)CC1. The second-order valence-electron chi connectivity index (χ2n) is 5.24. The Labute approximate surface area is 125 Å². The van der Waals surface area contributed by atoms with E-state index < -0.39 is 0 Å². The summed E-state index contributed by atoms with van der Waals surface area (Å²) >= 11 is 6.14. The molecule has 1 saturated heterocycles. The number of piperidine rings is 1. The fourth-order valence-corrected chi connectivity index (χ4v) is 2.91. The van der Waals surface area contributed by atoms with Crippen molar-refractivity contribution in [3.05, 3.63) is 29.8 Å². The molecule has 1 unspecified atom stereocenters. The Morgan fingerprint density at radius 1 is 1.40 bits per heavy atom. The Balaban J connectivity index is 2.05. The van der Waals surface area contributed by atoms with Gasteiger partial charge in [-0.15, -0.1) is 11.6 Å². The maximum atomic E-state index is 12.6. The van der Waals surface area contributed by atoms with Crippen molar-refractivity contribution in [1.29, 1.82) is 0 Å². The molecule has 0 aliphatic carbocycles. The molecule has 1 fully saturated rings. The van der Waals surface area contributed by atoms with Gasteiger partial charge in [0.05, 0.1) is 12.2 Å². The molecule has 0 spiro atoms. The number of hydrogen-bond acceptors (Lipinski definition) is 2. The first kappa shape index (κ1) is 15.2. The fourth-order valence-electron chi connectivity index (χ4n) is 2.66. The number of amides is 1. The lowest BCUT2D eigenvalue weighted by atomic mass is 9.93. The molecule has 0 N–H and O–H groups in total. The van der Waals surface area contributed by atoms with E-state index in [0.29, 0.717) is 23.8 Å². The highest BCUT2D eigenvalue weighted by atomic mass is 35.5. The van der Waals surface area contributed by atoms with Crippen molar-refractivity contribution in [1.82, 2.24) is 4.90 Å². The molecular formula is C16H22ClNO2. The molecule has 1 aromatic rings. The van der Waals surface area contributed by atoms with Crippen LogP contribution in [0, 0.1) is 5.92 Å². The summed E-state index contributed by atoms with van der Waals surface area (Å²) < 4.78 is 5.54. The van der Waals surface area contributed by atoms with Gasteiger partial charge < -0.3 is 9.64 Å². The van der Waals surface area contributed by atoms with Gasteiger partial charge in [0.25, 0.3) is 5.91 Å². The lowest BCUT2D eigenvalue weighted by Gasteiger charge is -2.33. The number of carbonyl (C=O) groups excluding carboxylic acids is 1. The van der Waals surface area contributed by atoms with Crippen LogP contribution in [0.4, 0.5) is 0 Å². The van der Waals surface area contributed by atoms with Gasteiger partial charge in [-0.2, -0.15) is 0 Å². The summed E-state index contributed by atoms with van der Waals surface area (Å²) in [6, 6.07) is 7.46. The van der Waals surface area contributed by atoms with Gasteiger partial charge in [0.15, 0.2) is 0 Å². The number of halogens is 1. The first-order valence-electron chi connectivity index (χ1n) is 7.28. The molecule has 1 aliphatic rings. The molecule has 0 radical (unpaired) electrons. The zero-order valence-electron chi connectivity index (χ0n) is 12.1. The van der Waals surface area contributed by atoms with Crippen molar-refractivity contribution in [2.75, 3.05) is 19.7 Å². The molecule has 0 saturated carbocycles. The van der Waals surface area contributed by atoms with E-state index in [1.807, 2.05) is 43.0 Å². The van der Waals surface area contributed by atoms with Crippen molar-refractivity contribution >= 4 is 17.5 Å². The number of alkyl halides is 1. The smallest absolute Gasteiger partial charge is 0.257 e. The van der Waals surface area contributed by atoms with E-state index in [9.17, 15) is 4.79 Å². The highest BCUT2D eigenvalue weighted by Gasteiger charge is 2.27. The number of nitrogens with zero attached hydrogens (tertiary/aromatic N) is 1. The topological polar surface area (TPSA) is 29.5 Å². The van der Waals surface area contributed by atoms with E-state index in [0.717, 1.165) is 25.9 Å². The monoisotopic (exact) mass is 295 g/mol. The molecule has 1 atom stereocenters. The Morgan fingerprint density at radius 2 is 2.05 bits per heavy atom. The van der Waals surface area contributed by atoms with E-state index >= 15 is 0 Å². The Morgan fingerprint density at radius 3 is 2.65 bits per heavy atom. The third-order valence-corrected chi connectivity index (χ3v) is 4.25. The minimum atomic E-state index is 0.0646. The second kappa shape index (κ2) is 6.98. The number of likely N-dealkylation sites (tertiary alicyclic amines) is 1. The van der Waals surface area contributed by atoms with E-state index in [-0.39, 0.29) is 11.3 Å². The Kier molecular flexibility index (Phi) is 5.30. The lowest BCUT2D eigenvalue weighted by molar-refractivity contribution is 0.0686. The van der Waals surface area contributed by atoms with Gasteiger partial charge in [0.2, 0.25) is 0 Å². The van der Waals surface area contributed by atoms with Gasteiger partial charge in [-0.05, 0) is 44.7 Å². The average molecular weight is 296 g/mol. The third-order valence-electron chi connectivity index (χ3n) is 3.89. The minimum absolute atomic E-state index is 0.0646. The van der Waals surface area contributed by atoms with Crippen molar-refractivity contribution in [2.24, 2.45) is 5.92 Å². The van der Waals surface area contributed by atoms with Gasteiger partial charge in [0, 0.05) is 18.5 Å². The summed E-state index contributed by atoms with van der Waals surface area (Å²) in [6.07, 6.45) is 1.96. The van der Waals surface area contributed by atoms with Crippen molar-refractivity contribution in [2.45, 2.75) is 32.1 Å². The van der Waals surface area contributed by atoms with Gasteiger partial charge in [0.1, 0.15) is 5.75 Å². The molecule has 1 amide bonds. The predicted octanol–water partition coefficient (Wildman–Crippen LogP) is 3.56. The lowest BCUT2D eigenvalue weighted by Crippen LogP contribution is -2.40. The number of carbonyl (C=O) groups is 1. The highest BCUT2D eigenvalue weighted by molar-refractivity contribution is 6.20. The van der Waals surface area contributed by atoms with E-state index in [4.69, 9.17) is 16.3 Å². The van der Waals surface area contributed by atoms with Crippen LogP contribution >= 0.6 is 11.6 Å². The number of rotatable bonds is 4. The van der Waals surface area contributed by atoms with Crippen LogP contribution in [0.5, 0.6) is 5.75 Å². The average Bonchev–Trinajstić information content (AvgIpc) is 2.47. The quantitative estimate of drug-likeness (QED) is 0.795. The predicted molar refractivity (Wildman–Crippen MR) is 81.6 cm³/mol. The third kappa shape index (κ3) is 3.45. The zero-order valence-corrected chi connectivity index (χ0v) is 12.9. The Bertz CT molecular complexity index is 454. The summed E-state index contributed by atoms with van der Waals surface area (Å²) in [6.45, 7) is 6.08. The number of para-hydroxylation sites is 1. The summed E-state index contributed by atoms with van der Waals surface area (Å²) in [5.41, 5.74) is 0.659. The maximum absolute atomic E-state index is 12.6. The first-order valence-corrected chi connectivity index (χ1v) is 7.72. The number of hydrogen-bond donors (Lipinski definition) is 0. The molecule has 2 rings (SSSR count). The molecule has 0 aromatic heterocycles. The van der Waals surface area contributed by atoms with Crippen molar-refractivity contribution in [3.63, 3.8) is 0 Å². The van der Waals surface area contributed by atoms with Crippen LogP contribution in [0.25, 0.3) is 0 Å². The molecular weight excluding hydrogens is 274 g/mol. The molecule has 0 bridgehead atoms.